The molecule has 0 heterocycles. The predicted octanol–water partition coefficient (Wildman–Crippen LogP) is 3.39. The van der Waals surface area contributed by atoms with E-state index >= 15 is 0 Å². The van der Waals surface area contributed by atoms with Gasteiger partial charge in [0.2, 0.25) is 0 Å². The summed E-state index contributed by atoms with van der Waals surface area (Å²) >= 11 is 11.7. The molecule has 1 aliphatic rings. The van der Waals surface area contributed by atoms with Gasteiger partial charge >= 0.3 is 6.03 Å². The summed E-state index contributed by atoms with van der Waals surface area (Å²) in [6.07, 6.45) is 3.55. The summed E-state index contributed by atoms with van der Waals surface area (Å²) in [5, 5.41) is 15.6. The fourth-order valence-corrected chi connectivity index (χ4v) is 2.46. The number of hydrogen-bond acceptors (Lipinski definition) is 4. The maximum absolute atomic E-state index is 11.8. The predicted molar refractivity (Wildman–Crippen MR) is 83.2 cm³/mol. The first-order valence-electron chi connectivity index (χ1n) is 6.58. The summed E-state index contributed by atoms with van der Waals surface area (Å²) in [4.78, 5) is 11.8. The van der Waals surface area contributed by atoms with E-state index in [2.05, 4.69) is 21.3 Å². The van der Waals surface area contributed by atoms with Crippen LogP contribution in [0.4, 0.5) is 10.5 Å². The van der Waals surface area contributed by atoms with Gasteiger partial charge in [-0.25, -0.2) is 10.2 Å². The minimum atomic E-state index is -0.434. The molecule has 1 aromatic rings. The number of benzene rings is 1. The molecule has 1 aliphatic carbocycles. The molecule has 0 spiro atoms. The molecule has 4 N–H and O–H groups in total. The van der Waals surface area contributed by atoms with Crippen LogP contribution in [0.1, 0.15) is 25.7 Å². The zero-order valence-electron chi connectivity index (χ0n) is 11.2. The number of hydrazine groups is 1. The summed E-state index contributed by atoms with van der Waals surface area (Å²) in [5.74, 6) is 0. The van der Waals surface area contributed by atoms with Crippen LogP contribution in [-0.2, 0) is 0 Å². The first kappa shape index (κ1) is 15.9. The van der Waals surface area contributed by atoms with Crippen LogP contribution in [0.5, 0.6) is 0 Å². The lowest BCUT2D eigenvalue weighted by Gasteiger charge is -2.24. The molecule has 0 aliphatic heterocycles. The monoisotopic (exact) mass is 330 g/mol. The molecule has 21 heavy (non-hydrogen) atoms. The third-order valence-corrected chi connectivity index (χ3v) is 3.98. The van der Waals surface area contributed by atoms with E-state index in [1.54, 1.807) is 18.2 Å². The smallest absolute Gasteiger partial charge is 0.333 e. The molecule has 0 aromatic heterocycles. The highest BCUT2D eigenvalue weighted by atomic mass is 35.5. The Bertz CT molecular complexity index is 551. The van der Waals surface area contributed by atoms with Crippen LogP contribution in [0, 0.1) is 0 Å². The molecule has 1 unspecified atom stereocenters. The fraction of sp³-hybridized carbons (Fsp3) is 0.385. The second-order valence-corrected chi connectivity index (χ2v) is 5.56. The molecule has 0 bridgehead atoms. The van der Waals surface area contributed by atoms with Gasteiger partial charge in [0.15, 0.2) is 0 Å². The van der Waals surface area contributed by atoms with Crippen molar-refractivity contribution in [2.45, 2.75) is 31.7 Å². The molecule has 1 atom stereocenters. The SMILES string of the molecule is O=C(NNC1CCCC/C1=N\O)Nc1ccc(Cl)c(Cl)c1. The summed E-state index contributed by atoms with van der Waals surface area (Å²) < 4.78 is 0. The van der Waals surface area contributed by atoms with Crippen LogP contribution in [0.15, 0.2) is 23.4 Å². The Hall–Kier alpha value is -1.50. The molecule has 1 aromatic carbocycles. The van der Waals surface area contributed by atoms with Gasteiger partial charge in [0.25, 0.3) is 0 Å². The molecular formula is C13H16Cl2N4O2. The highest BCUT2D eigenvalue weighted by Gasteiger charge is 2.21. The number of oxime groups is 1. The van der Waals surface area contributed by atoms with Crippen molar-refractivity contribution in [1.29, 1.82) is 0 Å². The number of carbonyl (C=O) groups excluding carboxylic acids is 1. The van der Waals surface area contributed by atoms with E-state index in [9.17, 15) is 4.79 Å². The summed E-state index contributed by atoms with van der Waals surface area (Å²) in [6.45, 7) is 0. The van der Waals surface area contributed by atoms with Crippen molar-refractivity contribution in [2.75, 3.05) is 5.32 Å². The summed E-state index contributed by atoms with van der Waals surface area (Å²) in [7, 11) is 0. The van der Waals surface area contributed by atoms with Crippen molar-refractivity contribution in [3.8, 4) is 0 Å². The number of hydrogen-bond donors (Lipinski definition) is 4. The van der Waals surface area contributed by atoms with Gasteiger partial charge in [0.1, 0.15) is 0 Å². The van der Waals surface area contributed by atoms with Crippen LogP contribution in [-0.4, -0.2) is 23.0 Å². The molecule has 8 heteroatoms. The van der Waals surface area contributed by atoms with Crippen molar-refractivity contribution >= 4 is 40.6 Å². The zero-order chi connectivity index (χ0) is 15.2. The number of amides is 2. The van der Waals surface area contributed by atoms with E-state index in [1.807, 2.05) is 0 Å². The highest BCUT2D eigenvalue weighted by molar-refractivity contribution is 6.42. The van der Waals surface area contributed by atoms with Crippen molar-refractivity contribution in [2.24, 2.45) is 5.16 Å². The molecular weight excluding hydrogens is 315 g/mol. The molecule has 114 valence electrons. The normalized spacial score (nSPS) is 20.3. The van der Waals surface area contributed by atoms with E-state index in [1.165, 1.54) is 0 Å². The van der Waals surface area contributed by atoms with Crippen LogP contribution in [0.25, 0.3) is 0 Å². The van der Waals surface area contributed by atoms with Gasteiger partial charge in [0.05, 0.1) is 21.8 Å². The first-order chi connectivity index (χ1) is 10.1. The lowest BCUT2D eigenvalue weighted by molar-refractivity contribution is 0.245. The van der Waals surface area contributed by atoms with Gasteiger partial charge < -0.3 is 10.5 Å². The largest absolute Gasteiger partial charge is 0.411 e. The lowest BCUT2D eigenvalue weighted by atomic mass is 9.94. The lowest BCUT2D eigenvalue weighted by Crippen LogP contribution is -2.50. The van der Waals surface area contributed by atoms with Gasteiger partial charge in [-0.05, 0) is 37.5 Å². The van der Waals surface area contributed by atoms with Crippen molar-refractivity contribution < 1.29 is 10.0 Å². The molecule has 2 rings (SSSR count). The standard InChI is InChI=1S/C13H16Cl2N4O2/c14-9-6-5-8(7-10(9)15)16-13(20)18-17-11-3-1-2-4-12(11)19-21/h5-7,11,17,21H,1-4H2,(H2,16,18,20)/b19-12+. The number of urea groups is 1. The number of nitrogens with one attached hydrogen (secondary N) is 3. The third-order valence-electron chi connectivity index (χ3n) is 3.24. The Morgan fingerprint density at radius 1 is 1.29 bits per heavy atom. The number of rotatable bonds is 3. The van der Waals surface area contributed by atoms with Crippen LogP contribution < -0.4 is 16.2 Å². The Kier molecular flexibility index (Phi) is 5.67. The second kappa shape index (κ2) is 7.49. The first-order valence-corrected chi connectivity index (χ1v) is 7.34. The average molecular weight is 331 g/mol. The molecule has 1 fully saturated rings. The maximum atomic E-state index is 11.8. The summed E-state index contributed by atoms with van der Waals surface area (Å²) in [5.41, 5.74) is 6.57. The van der Waals surface area contributed by atoms with Crippen molar-refractivity contribution in [3.05, 3.63) is 28.2 Å². The van der Waals surface area contributed by atoms with Crippen molar-refractivity contribution in [3.63, 3.8) is 0 Å². The molecule has 0 saturated heterocycles. The minimum absolute atomic E-state index is 0.150. The quantitative estimate of drug-likeness (QED) is 0.506. The van der Waals surface area contributed by atoms with Crippen LogP contribution in [0.2, 0.25) is 10.0 Å². The highest BCUT2D eigenvalue weighted by Crippen LogP contribution is 2.24. The third kappa shape index (κ3) is 4.49. The minimum Gasteiger partial charge on any atom is -0.411 e. The van der Waals surface area contributed by atoms with E-state index in [0.717, 1.165) is 25.7 Å². The molecule has 1 saturated carbocycles. The maximum Gasteiger partial charge on any atom is 0.333 e. The average Bonchev–Trinajstić information content (AvgIpc) is 2.49. The van der Waals surface area contributed by atoms with Gasteiger partial charge in [0, 0.05) is 5.69 Å². The van der Waals surface area contributed by atoms with Crippen LogP contribution >= 0.6 is 23.2 Å². The van der Waals surface area contributed by atoms with E-state index in [0.29, 0.717) is 21.4 Å². The number of anilines is 1. The van der Waals surface area contributed by atoms with Crippen molar-refractivity contribution in [1.82, 2.24) is 10.9 Å². The Morgan fingerprint density at radius 2 is 2.10 bits per heavy atom. The number of carbonyl (C=O) groups is 1. The Labute approximate surface area is 132 Å². The molecule has 0 radical (unpaired) electrons. The number of halogens is 2. The summed E-state index contributed by atoms with van der Waals surface area (Å²) in [6, 6.07) is 4.23. The van der Waals surface area contributed by atoms with E-state index in [-0.39, 0.29) is 6.04 Å². The fourth-order valence-electron chi connectivity index (χ4n) is 2.16. The van der Waals surface area contributed by atoms with E-state index < -0.39 is 6.03 Å². The number of nitrogens with zero attached hydrogens (tertiary/aromatic N) is 1. The van der Waals surface area contributed by atoms with Crippen LogP contribution in [0.3, 0.4) is 0 Å². The van der Waals surface area contributed by atoms with Gasteiger partial charge in [-0.2, -0.15) is 0 Å². The Morgan fingerprint density at radius 3 is 2.81 bits per heavy atom. The van der Waals surface area contributed by atoms with Gasteiger partial charge in [-0.15, -0.1) is 0 Å². The second-order valence-electron chi connectivity index (χ2n) is 4.74. The van der Waals surface area contributed by atoms with Gasteiger partial charge in [-0.3, -0.25) is 5.43 Å². The van der Waals surface area contributed by atoms with E-state index in [4.69, 9.17) is 28.4 Å². The molecule has 6 nitrogen and oxygen atoms in total. The molecule has 2 amide bonds. The van der Waals surface area contributed by atoms with Gasteiger partial charge in [-0.1, -0.05) is 34.8 Å². The zero-order valence-corrected chi connectivity index (χ0v) is 12.7. The Balaban J connectivity index is 1.85. The topological polar surface area (TPSA) is 85.8 Å².